The van der Waals surface area contributed by atoms with Gasteiger partial charge in [-0.2, -0.15) is 5.10 Å². The molecule has 0 amide bonds. The highest BCUT2D eigenvalue weighted by molar-refractivity contribution is 5.80. The molecule has 0 N–H and O–H groups in total. The Morgan fingerprint density at radius 1 is 1.00 bits per heavy atom. The lowest BCUT2D eigenvalue weighted by molar-refractivity contribution is 0.184. The molecule has 0 radical (unpaired) electrons. The lowest BCUT2D eigenvalue weighted by Crippen LogP contribution is -2.08. The van der Waals surface area contributed by atoms with Gasteiger partial charge < -0.3 is 4.74 Å². The molecule has 0 saturated carbocycles. The molecule has 1 aliphatic heterocycles. The lowest BCUT2D eigenvalue weighted by Gasteiger charge is -2.07. The van der Waals surface area contributed by atoms with Crippen molar-refractivity contribution in [3.05, 3.63) is 60.0 Å². The molecule has 2 aromatic heterocycles. The van der Waals surface area contributed by atoms with E-state index in [-0.39, 0.29) is 0 Å². The van der Waals surface area contributed by atoms with E-state index < -0.39 is 0 Å². The van der Waals surface area contributed by atoms with E-state index in [0.29, 0.717) is 6.04 Å². The van der Waals surface area contributed by atoms with Crippen LogP contribution in [0.15, 0.2) is 48.9 Å². The first-order chi connectivity index (χ1) is 12.4. The fourth-order valence-electron chi connectivity index (χ4n) is 3.98. The Balaban J connectivity index is 1.64. The van der Waals surface area contributed by atoms with Crippen LogP contribution in [0.4, 0.5) is 0 Å². The SMILES string of the molecule is c1cc(-c2nn([C@@H]3CCOC3)cc2-c2ccc3c(c2)CCC3)ccn1. The van der Waals surface area contributed by atoms with Gasteiger partial charge in [0, 0.05) is 36.3 Å². The number of ether oxygens (including phenoxy) is 1. The number of aryl methyl sites for hydroxylation is 2. The van der Waals surface area contributed by atoms with Gasteiger partial charge in [0.05, 0.1) is 12.6 Å². The molecular formula is C21H21N3O. The van der Waals surface area contributed by atoms with Crippen molar-refractivity contribution in [1.82, 2.24) is 14.8 Å². The fraction of sp³-hybridized carbons (Fsp3) is 0.333. The molecule has 0 unspecified atom stereocenters. The second-order valence-corrected chi connectivity index (χ2v) is 6.96. The highest BCUT2D eigenvalue weighted by Gasteiger charge is 2.22. The summed E-state index contributed by atoms with van der Waals surface area (Å²) in [5, 5.41) is 4.94. The van der Waals surface area contributed by atoms with Crippen LogP contribution >= 0.6 is 0 Å². The van der Waals surface area contributed by atoms with Crippen LogP contribution in [-0.4, -0.2) is 28.0 Å². The summed E-state index contributed by atoms with van der Waals surface area (Å²) >= 11 is 0. The number of benzene rings is 1. The van der Waals surface area contributed by atoms with Gasteiger partial charge in [-0.05, 0) is 54.5 Å². The number of aromatic nitrogens is 3. The molecule has 0 bridgehead atoms. The summed E-state index contributed by atoms with van der Waals surface area (Å²) in [4.78, 5) is 4.15. The summed E-state index contributed by atoms with van der Waals surface area (Å²) < 4.78 is 7.66. The normalized spacial score (nSPS) is 19.3. The average molecular weight is 331 g/mol. The van der Waals surface area contributed by atoms with Crippen LogP contribution in [0, 0.1) is 0 Å². The van der Waals surface area contributed by atoms with E-state index in [1.54, 1.807) is 0 Å². The molecule has 3 aromatic rings. The first-order valence-electron chi connectivity index (χ1n) is 9.08. The molecule has 4 heteroatoms. The Labute approximate surface area is 147 Å². The fourth-order valence-corrected chi connectivity index (χ4v) is 3.98. The van der Waals surface area contributed by atoms with E-state index in [9.17, 15) is 0 Å². The van der Waals surface area contributed by atoms with Crippen molar-refractivity contribution in [1.29, 1.82) is 0 Å². The van der Waals surface area contributed by atoms with Crippen molar-refractivity contribution in [2.24, 2.45) is 0 Å². The van der Waals surface area contributed by atoms with Gasteiger partial charge in [-0.25, -0.2) is 0 Å². The van der Waals surface area contributed by atoms with Crippen LogP contribution in [0.3, 0.4) is 0 Å². The van der Waals surface area contributed by atoms with Gasteiger partial charge in [0.2, 0.25) is 0 Å². The van der Waals surface area contributed by atoms with Gasteiger partial charge in [0.15, 0.2) is 0 Å². The highest BCUT2D eigenvalue weighted by atomic mass is 16.5. The van der Waals surface area contributed by atoms with E-state index >= 15 is 0 Å². The van der Waals surface area contributed by atoms with E-state index in [1.165, 1.54) is 41.5 Å². The van der Waals surface area contributed by atoms with E-state index in [2.05, 4.69) is 34.1 Å². The number of pyridine rings is 1. The monoisotopic (exact) mass is 331 g/mol. The zero-order chi connectivity index (χ0) is 16.6. The largest absolute Gasteiger partial charge is 0.379 e. The Morgan fingerprint density at radius 3 is 2.72 bits per heavy atom. The first-order valence-corrected chi connectivity index (χ1v) is 9.08. The first kappa shape index (κ1) is 14.8. The van der Waals surface area contributed by atoms with Gasteiger partial charge in [-0.1, -0.05) is 18.2 Å². The summed E-state index contributed by atoms with van der Waals surface area (Å²) in [6.45, 7) is 1.57. The number of hydrogen-bond donors (Lipinski definition) is 0. The molecule has 1 fully saturated rings. The van der Waals surface area contributed by atoms with Crippen molar-refractivity contribution < 1.29 is 4.74 Å². The summed E-state index contributed by atoms with van der Waals surface area (Å²) in [6, 6.07) is 11.3. The summed E-state index contributed by atoms with van der Waals surface area (Å²) in [6.07, 6.45) is 10.6. The lowest BCUT2D eigenvalue weighted by atomic mass is 9.99. The second kappa shape index (κ2) is 6.12. The van der Waals surface area contributed by atoms with Crippen molar-refractivity contribution >= 4 is 0 Å². The smallest absolute Gasteiger partial charge is 0.100 e. The van der Waals surface area contributed by atoms with Gasteiger partial charge in [0.25, 0.3) is 0 Å². The Bertz CT molecular complexity index is 895. The van der Waals surface area contributed by atoms with Crippen molar-refractivity contribution in [3.8, 4) is 22.4 Å². The Hall–Kier alpha value is -2.46. The molecule has 1 atom stereocenters. The molecule has 4 nitrogen and oxygen atoms in total. The average Bonchev–Trinajstić information content (AvgIpc) is 3.40. The minimum atomic E-state index is 0.337. The molecule has 2 aliphatic rings. The third-order valence-corrected chi connectivity index (χ3v) is 5.37. The van der Waals surface area contributed by atoms with Crippen LogP contribution in [-0.2, 0) is 17.6 Å². The van der Waals surface area contributed by atoms with E-state index in [0.717, 1.165) is 30.9 Å². The van der Waals surface area contributed by atoms with Gasteiger partial charge in [0.1, 0.15) is 5.69 Å². The Morgan fingerprint density at radius 2 is 1.88 bits per heavy atom. The molecule has 1 aliphatic carbocycles. The Kier molecular flexibility index (Phi) is 3.63. The number of rotatable bonds is 3. The van der Waals surface area contributed by atoms with Crippen molar-refractivity contribution in [2.45, 2.75) is 31.7 Å². The van der Waals surface area contributed by atoms with Crippen LogP contribution in [0.1, 0.15) is 30.0 Å². The molecule has 126 valence electrons. The highest BCUT2D eigenvalue weighted by Crippen LogP contribution is 2.35. The quantitative estimate of drug-likeness (QED) is 0.726. The topological polar surface area (TPSA) is 39.9 Å². The van der Waals surface area contributed by atoms with Crippen LogP contribution in [0.2, 0.25) is 0 Å². The second-order valence-electron chi connectivity index (χ2n) is 6.96. The predicted molar refractivity (Wildman–Crippen MR) is 97.4 cm³/mol. The third-order valence-electron chi connectivity index (χ3n) is 5.37. The van der Waals surface area contributed by atoms with E-state index in [4.69, 9.17) is 9.84 Å². The molecule has 3 heterocycles. The van der Waals surface area contributed by atoms with E-state index in [1.807, 2.05) is 24.5 Å². The van der Waals surface area contributed by atoms with Crippen molar-refractivity contribution in [2.75, 3.05) is 13.2 Å². The van der Waals surface area contributed by atoms with Gasteiger partial charge >= 0.3 is 0 Å². The number of fused-ring (bicyclic) bond motifs is 1. The summed E-state index contributed by atoms with van der Waals surface area (Å²) in [5.74, 6) is 0. The number of nitrogens with zero attached hydrogens (tertiary/aromatic N) is 3. The molecule has 1 saturated heterocycles. The zero-order valence-corrected chi connectivity index (χ0v) is 14.2. The predicted octanol–water partition coefficient (Wildman–Crippen LogP) is 4.06. The maximum atomic E-state index is 5.56. The van der Waals surface area contributed by atoms with Crippen LogP contribution in [0.5, 0.6) is 0 Å². The zero-order valence-electron chi connectivity index (χ0n) is 14.2. The standard InChI is InChI=1S/C21H21N3O/c1-2-15-4-5-18(12-17(15)3-1)20-13-24(19-8-11-25-14-19)23-21(20)16-6-9-22-10-7-16/h4-7,9-10,12-13,19H,1-3,8,11,14H2/t19-/m1/s1. The minimum absolute atomic E-state index is 0.337. The van der Waals surface area contributed by atoms with Gasteiger partial charge in [-0.15, -0.1) is 0 Å². The van der Waals surface area contributed by atoms with Crippen LogP contribution < -0.4 is 0 Å². The van der Waals surface area contributed by atoms with Crippen LogP contribution in [0.25, 0.3) is 22.4 Å². The molecule has 0 spiro atoms. The summed E-state index contributed by atoms with van der Waals surface area (Å²) in [7, 11) is 0. The molecule has 1 aromatic carbocycles. The molecule has 25 heavy (non-hydrogen) atoms. The number of hydrogen-bond acceptors (Lipinski definition) is 3. The van der Waals surface area contributed by atoms with Crippen molar-refractivity contribution in [3.63, 3.8) is 0 Å². The molecular weight excluding hydrogens is 310 g/mol. The summed E-state index contributed by atoms with van der Waals surface area (Å²) in [5.41, 5.74) is 7.61. The van der Waals surface area contributed by atoms with Gasteiger partial charge in [-0.3, -0.25) is 9.67 Å². The maximum Gasteiger partial charge on any atom is 0.100 e. The maximum absolute atomic E-state index is 5.56. The molecule has 5 rings (SSSR count). The minimum Gasteiger partial charge on any atom is -0.379 e. The third kappa shape index (κ3) is 2.67.